The largest absolute Gasteiger partial charge is 1.00 e. The smallest absolute Gasteiger partial charge is 1.00 e. The topological polar surface area (TPSA) is 240 Å². The molecule has 0 bridgehead atoms. The molecule has 2 heterocycles. The van der Waals surface area contributed by atoms with E-state index in [4.69, 9.17) is 38.6 Å². The second-order valence-electron chi connectivity index (χ2n) is 9.30. The molecule has 0 aliphatic carbocycles. The molecule has 2 aliphatic rings. The maximum atomic E-state index is 11.6. The Labute approximate surface area is 266 Å². The van der Waals surface area contributed by atoms with E-state index in [9.17, 15) is 34.8 Å². The summed E-state index contributed by atoms with van der Waals surface area (Å²) in [6, 6.07) is -1.09. The Morgan fingerprint density at radius 1 is 0.829 bits per heavy atom. The van der Waals surface area contributed by atoms with Crippen LogP contribution >= 0.6 is 12.6 Å². The van der Waals surface area contributed by atoms with Crippen molar-refractivity contribution < 1.29 is 104 Å². The molecule has 2 fully saturated rings. The van der Waals surface area contributed by atoms with Gasteiger partial charge in [-0.3, -0.25) is 4.79 Å². The molecule has 0 aromatic rings. The van der Waals surface area contributed by atoms with E-state index in [-0.39, 0.29) is 62.5 Å². The molecule has 2 rings (SSSR count). The van der Waals surface area contributed by atoms with Crippen LogP contribution in [0.1, 0.15) is 15.3 Å². The third-order valence-electron chi connectivity index (χ3n) is 6.43. The van der Waals surface area contributed by atoms with Gasteiger partial charge in [0.2, 0.25) is 5.91 Å². The number of carboxylic acids is 2. The van der Waals surface area contributed by atoms with Gasteiger partial charge < -0.3 is 65.8 Å². The Morgan fingerprint density at radius 2 is 1.24 bits per heavy atom. The Morgan fingerprint density at radius 3 is 1.59 bits per heavy atom. The van der Waals surface area contributed by atoms with Crippen LogP contribution in [0, 0.1) is 11.8 Å². The Balaban J connectivity index is 0. The summed E-state index contributed by atoms with van der Waals surface area (Å²) in [7, 11) is 2.69. The van der Waals surface area contributed by atoms with Gasteiger partial charge in [-0.25, -0.2) is 9.59 Å². The van der Waals surface area contributed by atoms with Crippen molar-refractivity contribution in [2.45, 2.75) is 69.1 Å². The van der Waals surface area contributed by atoms with E-state index < -0.39 is 85.6 Å². The van der Waals surface area contributed by atoms with Crippen LogP contribution in [0.2, 0.25) is 0 Å². The van der Waals surface area contributed by atoms with Gasteiger partial charge in [0, 0.05) is 31.8 Å². The SMILES string of the molecule is CO[C@@H]1OC(COCC(=O)N[C@@H](CS)C(=O)O)[C@@H](C)[C@H](O)C1O.CO[C@@H]1OC(COCC(=O)O)[C@@H](C)[C@H](O)C1O.[H-].[Na+]. The molecule has 18 heteroatoms. The van der Waals surface area contributed by atoms with Gasteiger partial charge in [-0.05, 0) is 0 Å². The summed E-state index contributed by atoms with van der Waals surface area (Å²) in [6.07, 6.45) is -7.33. The predicted octanol–water partition coefficient (Wildman–Crippen LogP) is -5.84. The van der Waals surface area contributed by atoms with Gasteiger partial charge in [0.1, 0.15) is 31.5 Å². The number of hydrogen-bond acceptors (Lipinski definition) is 14. The van der Waals surface area contributed by atoms with Gasteiger partial charge in [0.25, 0.3) is 0 Å². The molecule has 2 saturated heterocycles. The van der Waals surface area contributed by atoms with Crippen LogP contribution in [-0.4, -0.2) is 150 Å². The Hall–Kier alpha value is -0.640. The van der Waals surface area contributed by atoms with Gasteiger partial charge in [-0.1, -0.05) is 13.8 Å². The fourth-order valence-corrected chi connectivity index (χ4v) is 4.11. The molecule has 11 atom stereocenters. The first kappa shape index (κ1) is 40.4. The molecule has 0 radical (unpaired) electrons. The van der Waals surface area contributed by atoms with Crippen molar-refractivity contribution in [2.75, 3.05) is 46.4 Å². The summed E-state index contributed by atoms with van der Waals surface area (Å²) < 4.78 is 30.7. The van der Waals surface area contributed by atoms with Crippen LogP contribution in [0.3, 0.4) is 0 Å². The van der Waals surface area contributed by atoms with E-state index in [2.05, 4.69) is 17.9 Å². The number of nitrogens with one attached hydrogen (secondary N) is 1. The number of thiol groups is 1. The van der Waals surface area contributed by atoms with Crippen molar-refractivity contribution in [3.05, 3.63) is 0 Å². The fourth-order valence-electron chi connectivity index (χ4n) is 3.86. The second kappa shape index (κ2) is 20.3. The van der Waals surface area contributed by atoms with E-state index >= 15 is 0 Å². The second-order valence-corrected chi connectivity index (χ2v) is 9.67. The van der Waals surface area contributed by atoms with Crippen LogP contribution in [-0.2, 0) is 42.8 Å². The number of hydrogen-bond donors (Lipinski definition) is 8. The van der Waals surface area contributed by atoms with Crippen molar-refractivity contribution in [2.24, 2.45) is 11.8 Å². The zero-order valence-corrected chi connectivity index (χ0v) is 26.6. The van der Waals surface area contributed by atoms with E-state index in [0.29, 0.717) is 0 Å². The van der Waals surface area contributed by atoms with Crippen molar-refractivity contribution >= 4 is 30.5 Å². The molecule has 0 spiro atoms. The number of carbonyl (C=O) groups excluding carboxylic acids is 1. The third kappa shape index (κ3) is 12.9. The molecule has 236 valence electrons. The minimum atomic E-state index is -1.18. The standard InChI is InChI=1S/C13H23NO8S.C10H18O7.Na.H/c1-6-8(22-13(20-2)11(17)10(6)16)3-21-4-9(15)14-7(5-23)12(18)19;1-5-6(3-16-4-7(11)12)17-10(15-2)9(14)8(5)13;;/h6-8,10-11,13,16-17,23H,3-5H2,1-2H3,(H,14,15)(H,18,19);5-6,8-10,13-14H,3-4H2,1-2H3,(H,11,12);;/q;;+1;-1/t6-,7+,8?,10+,11?,13-;5-,6?,8+,9?,10-;;/m11../s1. The van der Waals surface area contributed by atoms with Crippen LogP contribution in [0.5, 0.6) is 0 Å². The van der Waals surface area contributed by atoms with Crippen LogP contribution in [0.25, 0.3) is 0 Å². The van der Waals surface area contributed by atoms with Crippen molar-refractivity contribution in [3.8, 4) is 0 Å². The number of carboxylic acid groups (broad SMARTS) is 2. The summed E-state index contributed by atoms with van der Waals surface area (Å²) in [5.74, 6) is -3.69. The van der Waals surface area contributed by atoms with Crippen molar-refractivity contribution in [1.82, 2.24) is 5.32 Å². The van der Waals surface area contributed by atoms with Crippen molar-refractivity contribution in [3.63, 3.8) is 0 Å². The fraction of sp³-hybridized carbons (Fsp3) is 0.870. The van der Waals surface area contributed by atoms with Gasteiger partial charge in [0.15, 0.2) is 12.6 Å². The van der Waals surface area contributed by atoms with Gasteiger partial charge >= 0.3 is 41.5 Å². The third-order valence-corrected chi connectivity index (χ3v) is 6.79. The van der Waals surface area contributed by atoms with Crippen LogP contribution < -0.4 is 34.9 Å². The molecular weight excluding hydrogens is 585 g/mol. The average Bonchev–Trinajstić information content (AvgIpc) is 2.91. The van der Waals surface area contributed by atoms with Crippen LogP contribution in [0.4, 0.5) is 0 Å². The molecule has 0 aromatic heterocycles. The quantitative estimate of drug-likeness (QED) is 0.0701. The Kier molecular flexibility index (Phi) is 20.0. The molecule has 1 amide bonds. The predicted molar refractivity (Wildman–Crippen MR) is 138 cm³/mol. The first-order chi connectivity index (χ1) is 18.8. The van der Waals surface area contributed by atoms with E-state index in [0.717, 1.165) is 0 Å². The summed E-state index contributed by atoms with van der Waals surface area (Å²) in [5, 5.41) is 58.5. The number of aliphatic hydroxyl groups excluding tert-OH is 4. The molecule has 4 unspecified atom stereocenters. The first-order valence-electron chi connectivity index (χ1n) is 12.4. The van der Waals surface area contributed by atoms with Crippen molar-refractivity contribution in [1.29, 1.82) is 0 Å². The maximum Gasteiger partial charge on any atom is 1.00 e. The number of carbonyl (C=O) groups is 3. The normalized spacial score (nSPS) is 33.9. The Bertz CT molecular complexity index is 801. The maximum absolute atomic E-state index is 11.6. The molecule has 0 saturated carbocycles. The van der Waals surface area contributed by atoms with E-state index in [1.807, 2.05) is 0 Å². The molecule has 16 nitrogen and oxygen atoms in total. The number of aliphatic hydroxyl groups is 4. The summed E-state index contributed by atoms with van der Waals surface area (Å²) in [6.45, 7) is 2.58. The minimum Gasteiger partial charge on any atom is -1.00 e. The first-order valence-corrected chi connectivity index (χ1v) is 13.0. The van der Waals surface area contributed by atoms with E-state index in [1.165, 1.54) is 14.2 Å². The van der Waals surface area contributed by atoms with Gasteiger partial charge in [-0.2, -0.15) is 12.6 Å². The van der Waals surface area contributed by atoms with Crippen LogP contribution in [0.15, 0.2) is 0 Å². The summed E-state index contributed by atoms with van der Waals surface area (Å²) >= 11 is 3.83. The minimum absolute atomic E-state index is 0. The molecular formula is C23H42NNaO15S. The zero-order valence-electron chi connectivity index (χ0n) is 24.7. The number of aliphatic carboxylic acids is 2. The average molecular weight is 628 g/mol. The van der Waals surface area contributed by atoms with Gasteiger partial charge in [0.05, 0.1) is 37.6 Å². The molecule has 7 N–H and O–H groups in total. The number of methoxy groups -OCH3 is 2. The number of rotatable bonds is 13. The zero-order chi connectivity index (χ0) is 30.6. The van der Waals surface area contributed by atoms with E-state index in [1.54, 1.807) is 13.8 Å². The summed E-state index contributed by atoms with van der Waals surface area (Å²) in [4.78, 5) is 32.6. The molecule has 2 aliphatic heterocycles. The summed E-state index contributed by atoms with van der Waals surface area (Å²) in [5.41, 5.74) is 0. The monoisotopic (exact) mass is 627 g/mol. The molecule has 0 aromatic carbocycles. The molecule has 41 heavy (non-hydrogen) atoms. The van der Waals surface area contributed by atoms with Gasteiger partial charge in [-0.15, -0.1) is 0 Å². The number of amides is 1. The number of ether oxygens (including phenoxy) is 6.